The van der Waals surface area contributed by atoms with Gasteiger partial charge in [0.15, 0.2) is 0 Å². The topological polar surface area (TPSA) is 46.2 Å². The highest BCUT2D eigenvalue weighted by molar-refractivity contribution is 4.92. The summed E-state index contributed by atoms with van der Waals surface area (Å²) in [6, 6.07) is 0.0240. The molecule has 1 unspecified atom stereocenters. The minimum Gasteiger partial charge on any atom is -0.388 e. The molecule has 0 aromatic rings. The lowest BCUT2D eigenvalue weighted by Crippen LogP contribution is -2.49. The van der Waals surface area contributed by atoms with Crippen molar-refractivity contribution in [2.45, 2.75) is 82.3 Å². The summed E-state index contributed by atoms with van der Waals surface area (Å²) in [5, 5.41) is 10.7. The Morgan fingerprint density at radius 1 is 1.00 bits per heavy atom. The van der Waals surface area contributed by atoms with Crippen molar-refractivity contribution in [1.82, 2.24) is 0 Å². The van der Waals surface area contributed by atoms with Crippen molar-refractivity contribution in [1.29, 1.82) is 0 Å². The van der Waals surface area contributed by atoms with E-state index in [9.17, 15) is 5.11 Å². The summed E-state index contributed by atoms with van der Waals surface area (Å²) in [6.07, 6.45) is 13.2. The largest absolute Gasteiger partial charge is 0.388 e. The van der Waals surface area contributed by atoms with Crippen LogP contribution in [0.1, 0.15) is 70.6 Å². The maximum absolute atomic E-state index is 10.7. The molecule has 0 saturated heterocycles. The van der Waals surface area contributed by atoms with Gasteiger partial charge in [0.2, 0.25) is 0 Å². The van der Waals surface area contributed by atoms with Crippen LogP contribution >= 0.6 is 0 Å². The van der Waals surface area contributed by atoms with Crippen molar-refractivity contribution in [2.75, 3.05) is 0 Å². The Bertz CT molecular complexity index is 205. The number of aliphatic hydroxyl groups is 1. The average molecular weight is 225 g/mol. The van der Waals surface area contributed by atoms with Crippen LogP contribution in [0.15, 0.2) is 0 Å². The first kappa shape index (κ1) is 12.4. The molecule has 0 aromatic carbocycles. The molecule has 0 radical (unpaired) electrons. The van der Waals surface area contributed by atoms with Crippen LogP contribution in [0.25, 0.3) is 0 Å². The molecule has 0 bridgehead atoms. The zero-order valence-electron chi connectivity index (χ0n) is 10.5. The molecular formula is C14H27NO. The highest BCUT2D eigenvalue weighted by Crippen LogP contribution is 2.36. The summed E-state index contributed by atoms with van der Waals surface area (Å²) in [4.78, 5) is 0. The fourth-order valence-electron chi connectivity index (χ4n) is 3.20. The van der Waals surface area contributed by atoms with Crippen LogP contribution in [0.3, 0.4) is 0 Å². The molecular weight excluding hydrogens is 198 g/mol. The fourth-order valence-corrected chi connectivity index (χ4v) is 3.20. The molecule has 2 fully saturated rings. The van der Waals surface area contributed by atoms with Gasteiger partial charge in [0.1, 0.15) is 0 Å². The Hall–Kier alpha value is -0.0800. The van der Waals surface area contributed by atoms with E-state index in [-0.39, 0.29) is 6.04 Å². The van der Waals surface area contributed by atoms with Gasteiger partial charge in [-0.25, -0.2) is 0 Å². The molecule has 2 aliphatic rings. The highest BCUT2D eigenvalue weighted by Gasteiger charge is 2.36. The van der Waals surface area contributed by atoms with Gasteiger partial charge >= 0.3 is 0 Å². The van der Waals surface area contributed by atoms with Gasteiger partial charge in [0.05, 0.1) is 5.60 Å². The zero-order chi connectivity index (χ0) is 11.4. The molecule has 2 saturated carbocycles. The van der Waals surface area contributed by atoms with E-state index in [4.69, 9.17) is 5.73 Å². The maximum atomic E-state index is 10.7. The monoisotopic (exact) mass is 225 g/mol. The van der Waals surface area contributed by atoms with Gasteiger partial charge in [-0.2, -0.15) is 0 Å². The molecule has 0 aromatic heterocycles. The Morgan fingerprint density at radius 2 is 1.56 bits per heavy atom. The van der Waals surface area contributed by atoms with Crippen molar-refractivity contribution in [3.05, 3.63) is 0 Å². The third-order valence-corrected chi connectivity index (χ3v) is 4.72. The summed E-state index contributed by atoms with van der Waals surface area (Å²) in [7, 11) is 0. The molecule has 94 valence electrons. The van der Waals surface area contributed by atoms with Crippen molar-refractivity contribution in [2.24, 2.45) is 11.7 Å². The zero-order valence-corrected chi connectivity index (χ0v) is 10.5. The molecule has 1 atom stereocenters. The molecule has 3 N–H and O–H groups in total. The predicted octanol–water partition coefficient (Wildman–Crippen LogP) is 2.98. The summed E-state index contributed by atoms with van der Waals surface area (Å²) < 4.78 is 0. The Labute approximate surface area is 99.6 Å². The fraction of sp³-hybridized carbons (Fsp3) is 1.00. The van der Waals surface area contributed by atoms with Gasteiger partial charge < -0.3 is 10.8 Å². The third-order valence-electron chi connectivity index (χ3n) is 4.72. The van der Waals surface area contributed by atoms with E-state index in [1.54, 1.807) is 0 Å². The second-order valence-corrected chi connectivity index (χ2v) is 6.01. The third kappa shape index (κ3) is 2.98. The van der Waals surface area contributed by atoms with Crippen LogP contribution < -0.4 is 5.73 Å². The Balaban J connectivity index is 1.85. The summed E-state index contributed by atoms with van der Waals surface area (Å²) in [6.45, 7) is 0. The lowest BCUT2D eigenvalue weighted by molar-refractivity contribution is -0.0198. The van der Waals surface area contributed by atoms with Gasteiger partial charge in [-0.1, -0.05) is 51.4 Å². The molecule has 2 rings (SSSR count). The van der Waals surface area contributed by atoms with Gasteiger partial charge in [-0.05, 0) is 25.2 Å². The van der Waals surface area contributed by atoms with Crippen molar-refractivity contribution >= 4 is 0 Å². The molecule has 0 heterocycles. The second-order valence-electron chi connectivity index (χ2n) is 6.01. The number of hydrogen-bond acceptors (Lipinski definition) is 2. The van der Waals surface area contributed by atoms with Crippen molar-refractivity contribution in [3.8, 4) is 0 Å². The van der Waals surface area contributed by atoms with Gasteiger partial charge in [0.25, 0.3) is 0 Å². The van der Waals surface area contributed by atoms with E-state index in [0.717, 1.165) is 38.0 Å². The molecule has 2 aliphatic carbocycles. The molecule has 0 aliphatic heterocycles. The summed E-state index contributed by atoms with van der Waals surface area (Å²) in [5.41, 5.74) is 5.72. The highest BCUT2D eigenvalue weighted by atomic mass is 16.3. The van der Waals surface area contributed by atoms with E-state index >= 15 is 0 Å². The summed E-state index contributed by atoms with van der Waals surface area (Å²) in [5.74, 6) is 0.810. The second kappa shape index (κ2) is 5.50. The molecule has 0 spiro atoms. The van der Waals surface area contributed by atoms with E-state index in [1.807, 2.05) is 0 Å². The first-order valence-corrected chi connectivity index (χ1v) is 7.19. The van der Waals surface area contributed by atoms with Gasteiger partial charge in [0, 0.05) is 6.04 Å². The van der Waals surface area contributed by atoms with E-state index in [2.05, 4.69) is 0 Å². The lowest BCUT2D eigenvalue weighted by Gasteiger charge is -2.39. The van der Waals surface area contributed by atoms with Crippen LogP contribution in [0, 0.1) is 5.92 Å². The smallest absolute Gasteiger partial charge is 0.0798 e. The van der Waals surface area contributed by atoms with E-state index < -0.39 is 5.60 Å². The molecule has 2 heteroatoms. The number of rotatable bonds is 3. The van der Waals surface area contributed by atoms with Crippen LogP contribution in [-0.2, 0) is 0 Å². The van der Waals surface area contributed by atoms with Crippen LogP contribution in [0.2, 0.25) is 0 Å². The molecule has 0 amide bonds. The standard InChI is InChI=1S/C14H27NO/c15-13(11-12-7-6-8-12)14(16)9-4-2-1-3-5-10-14/h12-13,16H,1-11,15H2. The molecule has 2 nitrogen and oxygen atoms in total. The lowest BCUT2D eigenvalue weighted by atomic mass is 9.74. The predicted molar refractivity (Wildman–Crippen MR) is 67.2 cm³/mol. The quantitative estimate of drug-likeness (QED) is 0.775. The SMILES string of the molecule is NC(CC1CCC1)C1(O)CCCCCCC1. The number of nitrogens with two attached hydrogens (primary N) is 1. The Morgan fingerprint density at radius 3 is 2.06 bits per heavy atom. The van der Waals surface area contributed by atoms with E-state index in [0.29, 0.717) is 0 Å². The van der Waals surface area contributed by atoms with Crippen LogP contribution in [0.5, 0.6) is 0 Å². The normalized spacial score (nSPS) is 28.9. The van der Waals surface area contributed by atoms with Crippen LogP contribution in [0.4, 0.5) is 0 Å². The maximum Gasteiger partial charge on any atom is 0.0798 e. The minimum atomic E-state index is -0.546. The Kier molecular flexibility index (Phi) is 4.26. The van der Waals surface area contributed by atoms with Gasteiger partial charge in [-0.3, -0.25) is 0 Å². The van der Waals surface area contributed by atoms with Crippen molar-refractivity contribution in [3.63, 3.8) is 0 Å². The first-order chi connectivity index (χ1) is 7.71. The molecule has 16 heavy (non-hydrogen) atoms. The summed E-state index contributed by atoms with van der Waals surface area (Å²) >= 11 is 0. The van der Waals surface area contributed by atoms with E-state index in [1.165, 1.54) is 38.5 Å². The van der Waals surface area contributed by atoms with Gasteiger partial charge in [-0.15, -0.1) is 0 Å². The van der Waals surface area contributed by atoms with Crippen molar-refractivity contribution < 1.29 is 5.11 Å². The van der Waals surface area contributed by atoms with Crippen LogP contribution in [-0.4, -0.2) is 16.7 Å². The number of hydrogen-bond donors (Lipinski definition) is 2. The first-order valence-electron chi connectivity index (χ1n) is 7.19. The average Bonchev–Trinajstić information content (AvgIpc) is 2.17. The minimum absolute atomic E-state index is 0.0240.